The molecule has 0 aliphatic carbocycles. The summed E-state index contributed by atoms with van der Waals surface area (Å²) in [4.78, 5) is 8.71. The van der Waals surface area contributed by atoms with Crippen LogP contribution in [-0.2, 0) is 0 Å². The number of imidazole rings is 1. The number of benzene rings is 2. The number of nitrogens with zero attached hydrogens (tertiary/aromatic N) is 2. The lowest BCUT2D eigenvalue weighted by atomic mass is 10.2. The molecule has 2 aromatic carbocycles. The molecule has 0 saturated heterocycles. The number of rotatable bonds is 4. The Morgan fingerprint density at radius 2 is 2.04 bits per heavy atom. The number of furan rings is 1. The average Bonchev–Trinajstić information content (AvgIpc) is 3.24. The van der Waals surface area contributed by atoms with E-state index in [0.717, 1.165) is 26.0 Å². The smallest absolute Gasteiger partial charge is 0.179 e. The highest BCUT2D eigenvalue weighted by molar-refractivity contribution is 9.10. The Hall–Kier alpha value is -2.46. The molecule has 4 aromatic rings. The quantitative estimate of drug-likeness (QED) is 0.323. The Morgan fingerprint density at radius 1 is 1.25 bits per heavy atom. The molecule has 4 nitrogen and oxygen atoms in total. The van der Waals surface area contributed by atoms with Gasteiger partial charge in [0.25, 0.3) is 0 Å². The van der Waals surface area contributed by atoms with Gasteiger partial charge in [0.2, 0.25) is 0 Å². The van der Waals surface area contributed by atoms with Gasteiger partial charge in [0.1, 0.15) is 17.7 Å². The lowest BCUT2D eigenvalue weighted by Gasteiger charge is -1.98. The van der Waals surface area contributed by atoms with Crippen molar-refractivity contribution in [1.82, 2.24) is 9.97 Å². The highest BCUT2D eigenvalue weighted by Crippen LogP contribution is 2.37. The summed E-state index contributed by atoms with van der Waals surface area (Å²) in [5.74, 6) is 1.08. The van der Waals surface area contributed by atoms with Gasteiger partial charge in [-0.2, -0.15) is 5.26 Å². The molecular weight excluding hydrogens is 458 g/mol. The van der Waals surface area contributed by atoms with E-state index in [2.05, 4.69) is 32.0 Å². The molecule has 1 N–H and O–H groups in total. The normalized spacial score (nSPS) is 11.7. The van der Waals surface area contributed by atoms with Crippen molar-refractivity contribution in [3.8, 4) is 6.07 Å². The fourth-order valence-electron chi connectivity index (χ4n) is 2.67. The predicted molar refractivity (Wildman–Crippen MR) is 116 cm³/mol. The van der Waals surface area contributed by atoms with Crippen LogP contribution in [0.5, 0.6) is 0 Å². The molecular formula is C21H13BrClN3OS. The second kappa shape index (κ2) is 7.88. The first kappa shape index (κ1) is 18.9. The number of aromatic amines is 1. The molecule has 138 valence electrons. The van der Waals surface area contributed by atoms with Crippen molar-refractivity contribution < 1.29 is 4.42 Å². The second-order valence-corrected chi connectivity index (χ2v) is 8.45. The molecule has 0 aliphatic rings. The second-order valence-electron chi connectivity index (χ2n) is 6.12. The van der Waals surface area contributed by atoms with E-state index in [1.165, 1.54) is 11.8 Å². The Bertz CT molecular complexity index is 1240. The van der Waals surface area contributed by atoms with Crippen LogP contribution in [0.4, 0.5) is 0 Å². The Balaban J connectivity index is 1.64. The summed E-state index contributed by atoms with van der Waals surface area (Å²) in [5, 5.41) is 11.0. The van der Waals surface area contributed by atoms with Gasteiger partial charge in [-0.1, -0.05) is 29.4 Å². The van der Waals surface area contributed by atoms with E-state index in [0.29, 0.717) is 27.3 Å². The van der Waals surface area contributed by atoms with Crippen LogP contribution in [0, 0.1) is 18.3 Å². The van der Waals surface area contributed by atoms with Gasteiger partial charge in [0.15, 0.2) is 5.09 Å². The van der Waals surface area contributed by atoms with E-state index in [-0.39, 0.29) is 0 Å². The first-order valence-electron chi connectivity index (χ1n) is 8.33. The minimum atomic E-state index is 0.401. The average molecular weight is 471 g/mol. The standard InChI is InChI=1S/C21H13BrClN3OS/c1-12-2-7-18-19(8-12)26-20(25-18)13(11-24)9-15-10-17(22)21(27-15)28-16-5-3-14(23)4-6-16/h2-10H,1H3,(H,25,26)/b13-9-. The van der Waals surface area contributed by atoms with Crippen LogP contribution >= 0.6 is 39.3 Å². The van der Waals surface area contributed by atoms with Crippen LogP contribution in [0.1, 0.15) is 17.1 Å². The van der Waals surface area contributed by atoms with Gasteiger partial charge < -0.3 is 9.40 Å². The van der Waals surface area contributed by atoms with Gasteiger partial charge >= 0.3 is 0 Å². The molecule has 2 heterocycles. The maximum Gasteiger partial charge on any atom is 0.179 e. The van der Waals surface area contributed by atoms with Crippen molar-refractivity contribution in [2.24, 2.45) is 0 Å². The zero-order chi connectivity index (χ0) is 19.7. The maximum absolute atomic E-state index is 9.61. The molecule has 0 aliphatic heterocycles. The van der Waals surface area contributed by atoms with Crippen LogP contribution in [0.15, 0.2) is 67.4 Å². The zero-order valence-corrected chi connectivity index (χ0v) is 17.8. The van der Waals surface area contributed by atoms with E-state index in [9.17, 15) is 5.26 Å². The highest BCUT2D eigenvalue weighted by atomic mass is 79.9. The summed E-state index contributed by atoms with van der Waals surface area (Å²) in [6, 6.07) is 17.5. The van der Waals surface area contributed by atoms with Crippen molar-refractivity contribution in [3.63, 3.8) is 0 Å². The number of hydrogen-bond acceptors (Lipinski definition) is 4. The minimum Gasteiger partial charge on any atom is -0.449 e. The van der Waals surface area contributed by atoms with Gasteiger partial charge in [-0.05, 0) is 70.9 Å². The molecule has 0 unspecified atom stereocenters. The van der Waals surface area contributed by atoms with Crippen molar-refractivity contribution in [1.29, 1.82) is 5.26 Å². The molecule has 28 heavy (non-hydrogen) atoms. The molecule has 0 amide bonds. The summed E-state index contributed by atoms with van der Waals surface area (Å²) in [7, 11) is 0. The molecule has 0 fully saturated rings. The largest absolute Gasteiger partial charge is 0.449 e. The predicted octanol–water partition coefficient (Wildman–Crippen LogP) is 7.10. The number of allylic oxidation sites excluding steroid dienone is 1. The summed E-state index contributed by atoms with van der Waals surface area (Å²) >= 11 is 10.9. The monoisotopic (exact) mass is 469 g/mol. The third-order valence-electron chi connectivity index (χ3n) is 4.00. The molecule has 4 rings (SSSR count). The Kier molecular flexibility index (Phi) is 5.31. The molecule has 2 aromatic heterocycles. The van der Waals surface area contributed by atoms with Crippen LogP contribution in [0.25, 0.3) is 22.7 Å². The maximum atomic E-state index is 9.61. The van der Waals surface area contributed by atoms with Crippen LogP contribution < -0.4 is 0 Å². The van der Waals surface area contributed by atoms with Crippen LogP contribution in [0.2, 0.25) is 5.02 Å². The first-order valence-corrected chi connectivity index (χ1v) is 10.3. The number of aryl methyl sites for hydroxylation is 1. The van der Waals surface area contributed by atoms with Crippen LogP contribution in [-0.4, -0.2) is 9.97 Å². The number of aromatic nitrogens is 2. The van der Waals surface area contributed by atoms with E-state index < -0.39 is 0 Å². The number of hydrogen-bond donors (Lipinski definition) is 1. The number of fused-ring (bicyclic) bond motifs is 1. The van der Waals surface area contributed by atoms with Crippen molar-refractivity contribution in [3.05, 3.63) is 75.2 Å². The van der Waals surface area contributed by atoms with E-state index in [4.69, 9.17) is 16.0 Å². The van der Waals surface area contributed by atoms with E-state index in [1.807, 2.05) is 55.5 Å². The van der Waals surface area contributed by atoms with Crippen molar-refractivity contribution >= 4 is 62.0 Å². The van der Waals surface area contributed by atoms with Crippen molar-refractivity contribution in [2.45, 2.75) is 16.9 Å². The van der Waals surface area contributed by atoms with Crippen LogP contribution in [0.3, 0.4) is 0 Å². The third-order valence-corrected chi connectivity index (χ3v) is 6.10. The summed E-state index contributed by atoms with van der Waals surface area (Å²) in [6.45, 7) is 2.02. The molecule has 0 spiro atoms. The van der Waals surface area contributed by atoms with Gasteiger partial charge in [0.05, 0.1) is 21.1 Å². The highest BCUT2D eigenvalue weighted by Gasteiger charge is 2.13. The van der Waals surface area contributed by atoms with E-state index >= 15 is 0 Å². The molecule has 0 saturated carbocycles. The number of nitrogens with one attached hydrogen (secondary N) is 1. The number of halogens is 2. The lowest BCUT2D eigenvalue weighted by molar-refractivity contribution is 0.463. The molecule has 7 heteroatoms. The Labute approximate surface area is 179 Å². The van der Waals surface area contributed by atoms with E-state index in [1.54, 1.807) is 6.08 Å². The fraction of sp³-hybridized carbons (Fsp3) is 0.0476. The van der Waals surface area contributed by atoms with Gasteiger partial charge in [-0.25, -0.2) is 4.98 Å². The SMILES string of the molecule is Cc1ccc2nc(/C(C#N)=C\c3cc(Br)c(Sc4ccc(Cl)cc4)o3)[nH]c2c1. The third kappa shape index (κ3) is 4.02. The summed E-state index contributed by atoms with van der Waals surface area (Å²) < 4.78 is 6.73. The summed E-state index contributed by atoms with van der Waals surface area (Å²) in [5.41, 5.74) is 3.25. The zero-order valence-electron chi connectivity index (χ0n) is 14.7. The number of nitriles is 1. The van der Waals surface area contributed by atoms with Gasteiger partial charge in [0, 0.05) is 16.0 Å². The van der Waals surface area contributed by atoms with Gasteiger partial charge in [-0.3, -0.25) is 0 Å². The summed E-state index contributed by atoms with van der Waals surface area (Å²) in [6.07, 6.45) is 1.68. The fourth-order valence-corrected chi connectivity index (χ4v) is 4.12. The molecule has 0 atom stereocenters. The lowest BCUT2D eigenvalue weighted by Crippen LogP contribution is -1.84. The first-order chi connectivity index (χ1) is 13.5. The Morgan fingerprint density at radius 3 is 2.79 bits per heavy atom. The molecule has 0 radical (unpaired) electrons. The van der Waals surface area contributed by atoms with Gasteiger partial charge in [-0.15, -0.1) is 0 Å². The van der Waals surface area contributed by atoms with Crippen molar-refractivity contribution in [2.75, 3.05) is 0 Å². The minimum absolute atomic E-state index is 0.401. The topological polar surface area (TPSA) is 65.6 Å². The number of H-pyrrole nitrogens is 1. The molecule has 0 bridgehead atoms.